The third-order valence-corrected chi connectivity index (χ3v) is 2.04. The summed E-state index contributed by atoms with van der Waals surface area (Å²) in [5.41, 5.74) is 3.02. The number of pyridine rings is 1. The molecule has 13 heavy (non-hydrogen) atoms. The normalized spacial score (nSPS) is 10.2. The van der Waals surface area contributed by atoms with Gasteiger partial charge in [0.2, 0.25) is 0 Å². The van der Waals surface area contributed by atoms with Gasteiger partial charge in [-0.25, -0.2) is 0 Å². The first-order chi connectivity index (χ1) is 6.25. The quantitative estimate of drug-likeness (QED) is 0.680. The first kappa shape index (κ1) is 8.19. The number of hydrogen-bond donors (Lipinski definition) is 2. The lowest BCUT2D eigenvalue weighted by Crippen LogP contribution is -1.82. The van der Waals surface area contributed by atoms with Gasteiger partial charge in [0, 0.05) is 23.7 Å². The first-order valence-corrected chi connectivity index (χ1v) is 4.37. The average Bonchev–Trinajstić information content (AvgIpc) is 2.53. The first-order valence-electron chi connectivity index (χ1n) is 3.96. The van der Waals surface area contributed by atoms with Crippen LogP contribution in [0.15, 0.2) is 24.5 Å². The van der Waals surface area contributed by atoms with Gasteiger partial charge in [0.1, 0.15) is 0 Å². The minimum atomic E-state index is 0.635. The Kier molecular flexibility index (Phi) is 1.98. The van der Waals surface area contributed by atoms with Crippen molar-refractivity contribution >= 4 is 12.2 Å². The largest absolute Gasteiger partial charge is 0.337 e. The Morgan fingerprint density at radius 3 is 2.77 bits per heavy atom. The smallest absolute Gasteiger partial charge is 0.174 e. The number of hydrogen-bond acceptors (Lipinski definition) is 2. The lowest BCUT2D eigenvalue weighted by Gasteiger charge is -1.96. The average molecular weight is 191 g/mol. The van der Waals surface area contributed by atoms with Crippen LogP contribution in [-0.2, 0) is 0 Å². The molecular formula is C9H9N3S. The predicted octanol–water partition coefficient (Wildman–Crippen LogP) is 2.44. The van der Waals surface area contributed by atoms with Crippen LogP contribution in [0, 0.1) is 11.7 Å². The standard InChI is InChI=1S/C9H9N3S/c1-6-2-3-7(4-10-6)8-5-11-9(13)12-8/h2-5H,1H3,(H2,11,12,13). The number of H-pyrrole nitrogens is 2. The van der Waals surface area contributed by atoms with Gasteiger partial charge >= 0.3 is 0 Å². The van der Waals surface area contributed by atoms with Gasteiger partial charge in [-0.2, -0.15) is 0 Å². The molecule has 4 heteroatoms. The molecule has 0 saturated carbocycles. The van der Waals surface area contributed by atoms with Gasteiger partial charge in [0.05, 0.1) is 5.69 Å². The highest BCUT2D eigenvalue weighted by molar-refractivity contribution is 7.71. The van der Waals surface area contributed by atoms with E-state index < -0.39 is 0 Å². The Hall–Kier alpha value is -1.42. The van der Waals surface area contributed by atoms with E-state index in [4.69, 9.17) is 12.2 Å². The monoisotopic (exact) mass is 191 g/mol. The van der Waals surface area contributed by atoms with Gasteiger partial charge < -0.3 is 9.97 Å². The number of aromatic nitrogens is 3. The summed E-state index contributed by atoms with van der Waals surface area (Å²) in [7, 11) is 0. The van der Waals surface area contributed by atoms with Gasteiger partial charge in [0.15, 0.2) is 4.77 Å². The van der Waals surface area contributed by atoms with E-state index in [2.05, 4.69) is 15.0 Å². The molecule has 0 atom stereocenters. The molecule has 2 heterocycles. The lowest BCUT2D eigenvalue weighted by molar-refractivity contribution is 1.20. The van der Waals surface area contributed by atoms with Crippen LogP contribution in [0.4, 0.5) is 0 Å². The summed E-state index contributed by atoms with van der Waals surface area (Å²) < 4.78 is 0.635. The van der Waals surface area contributed by atoms with Gasteiger partial charge in [0.25, 0.3) is 0 Å². The van der Waals surface area contributed by atoms with E-state index in [0.717, 1.165) is 17.0 Å². The molecule has 0 spiro atoms. The molecule has 66 valence electrons. The summed E-state index contributed by atoms with van der Waals surface area (Å²) in [6.07, 6.45) is 3.67. The third kappa shape index (κ3) is 1.67. The summed E-state index contributed by atoms with van der Waals surface area (Å²) in [6.45, 7) is 1.96. The summed E-state index contributed by atoms with van der Waals surface area (Å²) >= 11 is 4.93. The van der Waals surface area contributed by atoms with E-state index in [0.29, 0.717) is 4.77 Å². The molecule has 0 aromatic carbocycles. The summed E-state index contributed by atoms with van der Waals surface area (Å²) in [4.78, 5) is 10.1. The van der Waals surface area contributed by atoms with Crippen LogP contribution in [-0.4, -0.2) is 15.0 Å². The van der Waals surface area contributed by atoms with Crippen LogP contribution < -0.4 is 0 Å². The molecular weight excluding hydrogens is 182 g/mol. The van der Waals surface area contributed by atoms with E-state index in [1.807, 2.05) is 31.5 Å². The molecule has 2 aromatic rings. The lowest BCUT2D eigenvalue weighted by atomic mass is 10.2. The minimum absolute atomic E-state index is 0.635. The van der Waals surface area contributed by atoms with Crippen LogP contribution >= 0.6 is 12.2 Å². The molecule has 0 amide bonds. The van der Waals surface area contributed by atoms with Crippen molar-refractivity contribution in [2.45, 2.75) is 6.92 Å². The van der Waals surface area contributed by atoms with Gasteiger partial charge in [-0.3, -0.25) is 4.98 Å². The van der Waals surface area contributed by atoms with E-state index in [1.165, 1.54) is 0 Å². The summed E-state index contributed by atoms with van der Waals surface area (Å²) in [5, 5.41) is 0. The topological polar surface area (TPSA) is 44.5 Å². The molecule has 0 aliphatic carbocycles. The molecule has 0 aliphatic heterocycles. The van der Waals surface area contributed by atoms with E-state index in [9.17, 15) is 0 Å². The Labute approximate surface area is 80.9 Å². The molecule has 0 unspecified atom stereocenters. The van der Waals surface area contributed by atoms with E-state index in [-0.39, 0.29) is 0 Å². The minimum Gasteiger partial charge on any atom is -0.337 e. The number of nitrogens with one attached hydrogen (secondary N) is 2. The molecule has 0 aliphatic rings. The Morgan fingerprint density at radius 1 is 1.38 bits per heavy atom. The number of rotatable bonds is 1. The molecule has 3 nitrogen and oxygen atoms in total. The van der Waals surface area contributed by atoms with Crippen LogP contribution in [0.3, 0.4) is 0 Å². The Balaban J connectivity index is 2.47. The second-order valence-electron chi connectivity index (χ2n) is 2.84. The third-order valence-electron chi connectivity index (χ3n) is 1.82. The zero-order valence-electron chi connectivity index (χ0n) is 7.16. The van der Waals surface area contributed by atoms with Gasteiger partial charge in [-0.1, -0.05) is 0 Å². The van der Waals surface area contributed by atoms with Crippen molar-refractivity contribution in [1.82, 2.24) is 15.0 Å². The highest BCUT2D eigenvalue weighted by Crippen LogP contribution is 2.14. The second kappa shape index (κ2) is 3.14. The van der Waals surface area contributed by atoms with Crippen molar-refractivity contribution in [3.63, 3.8) is 0 Å². The number of nitrogens with zero attached hydrogens (tertiary/aromatic N) is 1. The summed E-state index contributed by atoms with van der Waals surface area (Å²) in [5.74, 6) is 0. The van der Waals surface area contributed by atoms with Crippen molar-refractivity contribution in [2.24, 2.45) is 0 Å². The van der Waals surface area contributed by atoms with E-state index >= 15 is 0 Å². The Bertz CT molecular complexity index is 452. The van der Waals surface area contributed by atoms with Crippen molar-refractivity contribution in [3.8, 4) is 11.3 Å². The molecule has 0 radical (unpaired) electrons. The highest BCUT2D eigenvalue weighted by atomic mass is 32.1. The fourth-order valence-electron chi connectivity index (χ4n) is 1.11. The Morgan fingerprint density at radius 2 is 2.23 bits per heavy atom. The maximum atomic E-state index is 4.93. The fourth-order valence-corrected chi connectivity index (χ4v) is 1.28. The number of aryl methyl sites for hydroxylation is 1. The maximum Gasteiger partial charge on any atom is 0.174 e. The zero-order valence-corrected chi connectivity index (χ0v) is 7.98. The van der Waals surface area contributed by atoms with Crippen LogP contribution in [0.1, 0.15) is 5.69 Å². The SMILES string of the molecule is Cc1ccc(-c2c[nH]c(=S)[nH]2)cn1. The highest BCUT2D eigenvalue weighted by Gasteiger charge is 1.97. The molecule has 0 bridgehead atoms. The van der Waals surface area contributed by atoms with Crippen molar-refractivity contribution < 1.29 is 0 Å². The maximum absolute atomic E-state index is 4.93. The molecule has 2 N–H and O–H groups in total. The number of imidazole rings is 1. The predicted molar refractivity (Wildman–Crippen MR) is 53.9 cm³/mol. The molecule has 0 fully saturated rings. The fraction of sp³-hybridized carbons (Fsp3) is 0.111. The van der Waals surface area contributed by atoms with Crippen LogP contribution in [0.5, 0.6) is 0 Å². The number of aromatic amines is 2. The van der Waals surface area contributed by atoms with Gasteiger partial charge in [-0.15, -0.1) is 0 Å². The second-order valence-corrected chi connectivity index (χ2v) is 3.25. The van der Waals surface area contributed by atoms with Crippen molar-refractivity contribution in [3.05, 3.63) is 35.0 Å². The van der Waals surface area contributed by atoms with Crippen molar-refractivity contribution in [1.29, 1.82) is 0 Å². The summed E-state index contributed by atoms with van der Waals surface area (Å²) in [6, 6.07) is 3.98. The molecule has 0 saturated heterocycles. The zero-order chi connectivity index (χ0) is 9.26. The molecule has 2 aromatic heterocycles. The molecule has 2 rings (SSSR count). The van der Waals surface area contributed by atoms with Crippen LogP contribution in [0.25, 0.3) is 11.3 Å². The van der Waals surface area contributed by atoms with Crippen molar-refractivity contribution in [2.75, 3.05) is 0 Å². The van der Waals surface area contributed by atoms with Crippen LogP contribution in [0.2, 0.25) is 0 Å². The van der Waals surface area contributed by atoms with Gasteiger partial charge in [-0.05, 0) is 31.3 Å². The van der Waals surface area contributed by atoms with E-state index in [1.54, 1.807) is 0 Å².